The van der Waals surface area contributed by atoms with Crippen LogP contribution in [0.2, 0.25) is 0 Å². The van der Waals surface area contributed by atoms with Gasteiger partial charge in [-0.25, -0.2) is 0 Å². The molecule has 0 spiro atoms. The maximum atomic E-state index is 9.51. The van der Waals surface area contributed by atoms with Crippen LogP contribution in [0.25, 0.3) is 0 Å². The quantitative estimate of drug-likeness (QED) is 0.693. The van der Waals surface area contributed by atoms with Crippen molar-refractivity contribution >= 4 is 0 Å². The first-order valence-electron chi connectivity index (χ1n) is 3.75. The molecule has 0 fully saturated rings. The van der Waals surface area contributed by atoms with E-state index < -0.39 is 6.10 Å². The third kappa shape index (κ3) is 2.10. The van der Waals surface area contributed by atoms with Crippen molar-refractivity contribution < 1.29 is 9.52 Å². The average Bonchev–Trinajstić information content (AvgIpc) is 2.56. The Hall–Kier alpha value is -1.28. The molecule has 1 heterocycles. The van der Waals surface area contributed by atoms with E-state index in [1.165, 1.54) is 6.26 Å². The molecule has 1 aromatic heterocycles. The minimum absolute atomic E-state index is 0.469. The van der Waals surface area contributed by atoms with Crippen LogP contribution in [0.5, 0.6) is 0 Å². The summed E-state index contributed by atoms with van der Waals surface area (Å²) < 4.78 is 5.02. The molecule has 0 bridgehead atoms. The van der Waals surface area contributed by atoms with Gasteiger partial charge in [0.15, 0.2) is 0 Å². The lowest BCUT2D eigenvalue weighted by Gasteiger charge is -2.06. The van der Waals surface area contributed by atoms with Crippen LogP contribution in [0.15, 0.2) is 47.6 Å². The van der Waals surface area contributed by atoms with Gasteiger partial charge in [-0.1, -0.05) is 24.8 Å². The van der Waals surface area contributed by atoms with Gasteiger partial charge in [-0.3, -0.25) is 0 Å². The van der Waals surface area contributed by atoms with E-state index in [2.05, 4.69) is 13.2 Å². The lowest BCUT2D eigenvalue weighted by molar-refractivity contribution is 0.151. The second kappa shape index (κ2) is 3.93. The van der Waals surface area contributed by atoms with Gasteiger partial charge in [-0.15, -0.1) is 0 Å². The monoisotopic (exact) mass is 164 g/mol. The molecule has 1 atom stereocenters. The Morgan fingerprint density at radius 2 is 2.50 bits per heavy atom. The normalized spacial score (nSPS) is 12.4. The number of aliphatic hydroxyl groups excluding tert-OH is 1. The molecule has 0 aliphatic heterocycles. The molecule has 0 amide bonds. The van der Waals surface area contributed by atoms with E-state index in [1.54, 1.807) is 18.2 Å². The number of allylic oxidation sites excluding steroid dienone is 1. The predicted molar refractivity (Wildman–Crippen MR) is 47.6 cm³/mol. The van der Waals surface area contributed by atoms with Gasteiger partial charge in [-0.05, 0) is 12.1 Å². The highest BCUT2D eigenvalue weighted by Gasteiger charge is 2.09. The lowest BCUT2D eigenvalue weighted by Crippen LogP contribution is -1.95. The standard InChI is InChI=1S/C10H12O2/c1-3-8(2)7-9(11)10-5-4-6-12-10/h3-6,9,11H,1-2,7H2. The number of rotatable bonds is 4. The zero-order valence-corrected chi connectivity index (χ0v) is 6.86. The SMILES string of the molecule is C=CC(=C)CC(O)c1ccco1. The van der Waals surface area contributed by atoms with Crippen LogP contribution in [-0.2, 0) is 0 Å². The number of aliphatic hydroxyl groups is 1. The van der Waals surface area contributed by atoms with Crippen LogP contribution >= 0.6 is 0 Å². The smallest absolute Gasteiger partial charge is 0.132 e. The van der Waals surface area contributed by atoms with Crippen molar-refractivity contribution in [2.24, 2.45) is 0 Å². The van der Waals surface area contributed by atoms with Crippen molar-refractivity contribution in [3.63, 3.8) is 0 Å². The highest BCUT2D eigenvalue weighted by molar-refractivity contribution is 5.14. The fraction of sp³-hybridized carbons (Fsp3) is 0.200. The summed E-state index contributed by atoms with van der Waals surface area (Å²) in [6.07, 6.45) is 3.03. The van der Waals surface area contributed by atoms with Crippen LogP contribution in [0, 0.1) is 0 Å². The third-order valence-corrected chi connectivity index (χ3v) is 1.62. The highest BCUT2D eigenvalue weighted by atomic mass is 16.4. The van der Waals surface area contributed by atoms with Gasteiger partial charge >= 0.3 is 0 Å². The van der Waals surface area contributed by atoms with Crippen molar-refractivity contribution in [2.75, 3.05) is 0 Å². The molecule has 1 rings (SSSR count). The van der Waals surface area contributed by atoms with Crippen molar-refractivity contribution in [1.29, 1.82) is 0 Å². The molecule has 0 aliphatic carbocycles. The number of hydrogen-bond donors (Lipinski definition) is 1. The minimum Gasteiger partial charge on any atom is -0.467 e. The average molecular weight is 164 g/mol. The molecule has 0 aromatic carbocycles. The van der Waals surface area contributed by atoms with E-state index >= 15 is 0 Å². The molecule has 2 nitrogen and oxygen atoms in total. The Balaban J connectivity index is 2.55. The molecule has 12 heavy (non-hydrogen) atoms. The van der Waals surface area contributed by atoms with E-state index in [1.807, 2.05) is 0 Å². The van der Waals surface area contributed by atoms with E-state index in [0.29, 0.717) is 12.2 Å². The molecular formula is C10H12O2. The largest absolute Gasteiger partial charge is 0.467 e. The number of hydrogen-bond acceptors (Lipinski definition) is 2. The van der Waals surface area contributed by atoms with Crippen LogP contribution in [0.3, 0.4) is 0 Å². The molecular weight excluding hydrogens is 152 g/mol. The van der Waals surface area contributed by atoms with Crippen molar-refractivity contribution in [3.05, 3.63) is 49.0 Å². The summed E-state index contributed by atoms with van der Waals surface area (Å²) in [6.45, 7) is 7.26. The zero-order valence-electron chi connectivity index (χ0n) is 6.86. The molecule has 64 valence electrons. The molecule has 1 unspecified atom stereocenters. The Morgan fingerprint density at radius 3 is 3.00 bits per heavy atom. The molecule has 1 aromatic rings. The molecule has 2 heteroatoms. The van der Waals surface area contributed by atoms with Gasteiger partial charge in [0.05, 0.1) is 6.26 Å². The number of furan rings is 1. The van der Waals surface area contributed by atoms with Gasteiger partial charge in [0.25, 0.3) is 0 Å². The first-order valence-corrected chi connectivity index (χ1v) is 3.75. The van der Waals surface area contributed by atoms with E-state index in [9.17, 15) is 5.11 Å². The van der Waals surface area contributed by atoms with Crippen LogP contribution in [0.4, 0.5) is 0 Å². The van der Waals surface area contributed by atoms with Gasteiger partial charge in [0.1, 0.15) is 11.9 Å². The first-order chi connectivity index (χ1) is 5.74. The fourth-order valence-electron chi connectivity index (χ4n) is 0.913. The Kier molecular flexibility index (Phi) is 2.88. The van der Waals surface area contributed by atoms with Crippen molar-refractivity contribution in [3.8, 4) is 0 Å². The summed E-state index contributed by atoms with van der Waals surface area (Å²) in [4.78, 5) is 0. The van der Waals surface area contributed by atoms with Gasteiger partial charge < -0.3 is 9.52 Å². The first kappa shape index (κ1) is 8.81. The predicted octanol–water partition coefficient (Wildman–Crippen LogP) is 2.45. The second-order valence-electron chi connectivity index (χ2n) is 2.60. The molecule has 0 radical (unpaired) electrons. The summed E-state index contributed by atoms with van der Waals surface area (Å²) in [5.74, 6) is 0.568. The summed E-state index contributed by atoms with van der Waals surface area (Å²) in [5, 5.41) is 9.51. The van der Waals surface area contributed by atoms with Gasteiger partial charge in [0.2, 0.25) is 0 Å². The van der Waals surface area contributed by atoms with Crippen molar-refractivity contribution in [1.82, 2.24) is 0 Å². The summed E-state index contributed by atoms with van der Waals surface area (Å²) in [5.41, 5.74) is 0.805. The van der Waals surface area contributed by atoms with Crippen LogP contribution in [-0.4, -0.2) is 5.11 Å². The summed E-state index contributed by atoms with van der Waals surface area (Å²) in [7, 11) is 0. The summed E-state index contributed by atoms with van der Waals surface area (Å²) in [6, 6.07) is 3.48. The molecule has 0 saturated heterocycles. The lowest BCUT2D eigenvalue weighted by atomic mass is 10.1. The van der Waals surface area contributed by atoms with E-state index in [-0.39, 0.29) is 0 Å². The third-order valence-electron chi connectivity index (χ3n) is 1.62. The Morgan fingerprint density at radius 1 is 1.75 bits per heavy atom. The topological polar surface area (TPSA) is 33.4 Å². The Labute approximate surface area is 71.8 Å². The molecule has 0 saturated carbocycles. The zero-order chi connectivity index (χ0) is 8.97. The highest BCUT2D eigenvalue weighted by Crippen LogP contribution is 2.20. The molecule has 0 aliphatic rings. The van der Waals surface area contributed by atoms with E-state index in [4.69, 9.17) is 4.42 Å². The summed E-state index contributed by atoms with van der Waals surface area (Å²) >= 11 is 0. The van der Waals surface area contributed by atoms with E-state index in [0.717, 1.165) is 5.57 Å². The Bertz CT molecular complexity index is 259. The van der Waals surface area contributed by atoms with Crippen molar-refractivity contribution in [2.45, 2.75) is 12.5 Å². The molecule has 1 N–H and O–H groups in total. The maximum Gasteiger partial charge on any atom is 0.132 e. The van der Waals surface area contributed by atoms with Crippen LogP contribution < -0.4 is 0 Å². The van der Waals surface area contributed by atoms with Gasteiger partial charge in [-0.2, -0.15) is 0 Å². The maximum absolute atomic E-state index is 9.51. The van der Waals surface area contributed by atoms with Gasteiger partial charge in [0, 0.05) is 6.42 Å². The second-order valence-corrected chi connectivity index (χ2v) is 2.60. The minimum atomic E-state index is -0.606. The fourth-order valence-corrected chi connectivity index (χ4v) is 0.913. The van der Waals surface area contributed by atoms with Crippen LogP contribution in [0.1, 0.15) is 18.3 Å².